The molecule has 2 heterocycles. The molecule has 0 bridgehead atoms. The molecule has 1 saturated heterocycles. The summed E-state index contributed by atoms with van der Waals surface area (Å²) in [5.41, 5.74) is 0.516. The molecular weight excluding hydrogens is 276 g/mol. The van der Waals surface area contributed by atoms with Gasteiger partial charge in [0.2, 0.25) is 0 Å². The van der Waals surface area contributed by atoms with Gasteiger partial charge < -0.3 is 4.90 Å². The highest BCUT2D eigenvalue weighted by molar-refractivity contribution is 5.92. The van der Waals surface area contributed by atoms with E-state index in [1.165, 1.54) is 19.3 Å². The van der Waals surface area contributed by atoms with Gasteiger partial charge in [0.15, 0.2) is 5.69 Å². The Morgan fingerprint density at radius 1 is 1.36 bits per heavy atom. The smallest absolute Gasteiger partial charge is 0.276 e. The van der Waals surface area contributed by atoms with Crippen LogP contribution >= 0.6 is 0 Å². The number of nitrogens with zero attached hydrogens (tertiary/aromatic N) is 4. The Bertz CT molecular complexity index is 524. The number of hydrogen-bond acceptors (Lipinski definition) is 3. The van der Waals surface area contributed by atoms with Crippen molar-refractivity contribution in [3.8, 4) is 0 Å². The molecule has 0 radical (unpaired) electrons. The van der Waals surface area contributed by atoms with Gasteiger partial charge in [0.1, 0.15) is 0 Å². The first-order chi connectivity index (χ1) is 10.6. The molecular formula is C17H28N4O. The quantitative estimate of drug-likeness (QED) is 0.859. The molecule has 0 N–H and O–H groups in total. The van der Waals surface area contributed by atoms with E-state index in [-0.39, 0.29) is 5.91 Å². The third kappa shape index (κ3) is 3.03. The van der Waals surface area contributed by atoms with Crippen LogP contribution in [0.3, 0.4) is 0 Å². The van der Waals surface area contributed by atoms with Crippen molar-refractivity contribution in [1.29, 1.82) is 0 Å². The van der Waals surface area contributed by atoms with Gasteiger partial charge in [0.25, 0.3) is 5.91 Å². The number of fused-ring (bicyclic) bond motifs is 1. The second-order valence-electron chi connectivity index (χ2n) is 7.46. The Morgan fingerprint density at radius 2 is 2.14 bits per heavy atom. The van der Waals surface area contributed by atoms with Gasteiger partial charge in [-0.15, -0.1) is 5.10 Å². The zero-order valence-corrected chi connectivity index (χ0v) is 14.0. The summed E-state index contributed by atoms with van der Waals surface area (Å²) in [7, 11) is 0. The van der Waals surface area contributed by atoms with Gasteiger partial charge in [-0.25, -0.2) is 0 Å². The summed E-state index contributed by atoms with van der Waals surface area (Å²) in [6.45, 7) is 7.40. The number of rotatable bonds is 4. The van der Waals surface area contributed by atoms with Crippen LogP contribution in [0.4, 0.5) is 0 Å². The van der Waals surface area contributed by atoms with Crippen LogP contribution in [-0.2, 0) is 6.54 Å². The van der Waals surface area contributed by atoms with E-state index < -0.39 is 0 Å². The maximum atomic E-state index is 12.9. The van der Waals surface area contributed by atoms with Crippen LogP contribution in [0.25, 0.3) is 0 Å². The van der Waals surface area contributed by atoms with E-state index in [4.69, 9.17) is 0 Å². The van der Waals surface area contributed by atoms with Crippen molar-refractivity contribution in [2.24, 2.45) is 11.8 Å². The lowest BCUT2D eigenvalue weighted by atomic mass is 9.85. The highest BCUT2D eigenvalue weighted by atomic mass is 16.2. The fraction of sp³-hybridized carbons (Fsp3) is 0.824. The molecule has 1 aromatic heterocycles. The zero-order valence-electron chi connectivity index (χ0n) is 14.0. The van der Waals surface area contributed by atoms with Crippen LogP contribution in [-0.4, -0.2) is 37.9 Å². The number of aryl methyl sites for hydroxylation is 1. The lowest BCUT2D eigenvalue weighted by molar-refractivity contribution is 0.0627. The van der Waals surface area contributed by atoms with E-state index in [2.05, 4.69) is 36.0 Å². The van der Waals surface area contributed by atoms with E-state index in [1.807, 2.05) is 10.9 Å². The monoisotopic (exact) mass is 304 g/mol. The molecule has 1 aromatic rings. The van der Waals surface area contributed by atoms with Gasteiger partial charge in [-0.2, -0.15) is 0 Å². The molecule has 1 saturated carbocycles. The molecule has 2 fully saturated rings. The van der Waals surface area contributed by atoms with Crippen molar-refractivity contribution in [2.45, 2.75) is 77.9 Å². The third-order valence-electron chi connectivity index (χ3n) is 5.27. The van der Waals surface area contributed by atoms with E-state index >= 15 is 0 Å². The fourth-order valence-corrected chi connectivity index (χ4v) is 4.09. The fourth-order valence-electron chi connectivity index (χ4n) is 4.09. The standard InChI is InChI=1S/C17H28N4O/c1-12(2)8-9-20-11-15(18-19-20)17(22)21-13(3)10-14-6-4-5-7-16(14)21/h11-14,16H,4-10H2,1-3H3/t13-,14-,16-/m1/s1. The molecule has 3 rings (SSSR count). The zero-order chi connectivity index (χ0) is 15.7. The van der Waals surface area contributed by atoms with Crippen molar-refractivity contribution < 1.29 is 4.79 Å². The lowest BCUT2D eigenvalue weighted by Gasteiger charge is -2.32. The number of aromatic nitrogens is 3. The minimum Gasteiger partial charge on any atom is -0.331 e. The molecule has 0 spiro atoms. The molecule has 5 nitrogen and oxygen atoms in total. The second-order valence-corrected chi connectivity index (χ2v) is 7.46. The average Bonchev–Trinajstić information content (AvgIpc) is 3.07. The first-order valence-electron chi connectivity index (χ1n) is 8.79. The maximum absolute atomic E-state index is 12.9. The Morgan fingerprint density at radius 3 is 2.91 bits per heavy atom. The predicted octanol–water partition coefficient (Wildman–Crippen LogP) is 3.12. The summed E-state index contributed by atoms with van der Waals surface area (Å²) in [4.78, 5) is 15.0. The van der Waals surface area contributed by atoms with Crippen molar-refractivity contribution in [3.63, 3.8) is 0 Å². The predicted molar refractivity (Wildman–Crippen MR) is 85.5 cm³/mol. The highest BCUT2D eigenvalue weighted by Crippen LogP contribution is 2.40. The average molecular weight is 304 g/mol. The van der Waals surface area contributed by atoms with Gasteiger partial charge >= 0.3 is 0 Å². The minimum absolute atomic E-state index is 0.0812. The van der Waals surface area contributed by atoms with Crippen molar-refractivity contribution in [1.82, 2.24) is 19.9 Å². The summed E-state index contributed by atoms with van der Waals surface area (Å²) < 4.78 is 1.81. The Labute approximate surface area is 133 Å². The highest BCUT2D eigenvalue weighted by Gasteiger charge is 2.43. The van der Waals surface area contributed by atoms with Crippen molar-refractivity contribution in [2.75, 3.05) is 0 Å². The van der Waals surface area contributed by atoms with E-state index in [0.717, 1.165) is 25.8 Å². The molecule has 1 aliphatic carbocycles. The number of hydrogen-bond donors (Lipinski definition) is 0. The summed E-state index contributed by atoms with van der Waals surface area (Å²) in [6, 6.07) is 0.762. The summed E-state index contributed by atoms with van der Waals surface area (Å²) in [5.74, 6) is 1.41. The summed E-state index contributed by atoms with van der Waals surface area (Å²) in [5, 5.41) is 8.26. The Hall–Kier alpha value is -1.39. The van der Waals surface area contributed by atoms with Crippen molar-refractivity contribution in [3.05, 3.63) is 11.9 Å². The van der Waals surface area contributed by atoms with E-state index in [1.54, 1.807) is 0 Å². The van der Waals surface area contributed by atoms with Gasteiger partial charge in [-0.3, -0.25) is 9.48 Å². The van der Waals surface area contributed by atoms with E-state index in [0.29, 0.717) is 29.6 Å². The molecule has 0 unspecified atom stereocenters. The molecule has 1 amide bonds. The van der Waals surface area contributed by atoms with Crippen LogP contribution in [0.5, 0.6) is 0 Å². The maximum Gasteiger partial charge on any atom is 0.276 e. The molecule has 2 aliphatic rings. The third-order valence-corrected chi connectivity index (χ3v) is 5.27. The van der Waals surface area contributed by atoms with Crippen LogP contribution in [0.15, 0.2) is 6.20 Å². The van der Waals surface area contributed by atoms with Gasteiger partial charge in [0.05, 0.1) is 6.20 Å². The number of amides is 1. The number of carbonyl (C=O) groups is 1. The molecule has 0 aromatic carbocycles. The number of likely N-dealkylation sites (tertiary alicyclic amines) is 1. The van der Waals surface area contributed by atoms with Crippen LogP contribution in [0.2, 0.25) is 0 Å². The molecule has 5 heteroatoms. The van der Waals surface area contributed by atoms with Crippen LogP contribution in [0, 0.1) is 11.8 Å². The van der Waals surface area contributed by atoms with Crippen LogP contribution in [0.1, 0.15) is 69.8 Å². The Kier molecular flexibility index (Phi) is 4.50. The van der Waals surface area contributed by atoms with Crippen molar-refractivity contribution >= 4 is 5.91 Å². The normalized spacial score (nSPS) is 28.2. The first-order valence-corrected chi connectivity index (χ1v) is 8.79. The SMILES string of the molecule is CC(C)CCn1cc(C(=O)N2[C@H](C)C[C@H]3CCCC[C@H]32)nn1. The molecule has 1 aliphatic heterocycles. The first kappa shape index (κ1) is 15.5. The topological polar surface area (TPSA) is 51.0 Å². The molecule has 3 atom stereocenters. The van der Waals surface area contributed by atoms with Gasteiger partial charge in [0, 0.05) is 18.6 Å². The Balaban J connectivity index is 1.70. The van der Waals surface area contributed by atoms with E-state index in [9.17, 15) is 4.79 Å². The second kappa shape index (κ2) is 6.39. The summed E-state index contributed by atoms with van der Waals surface area (Å²) in [6.07, 6.45) is 9.04. The van der Waals surface area contributed by atoms with Crippen LogP contribution < -0.4 is 0 Å². The minimum atomic E-state index is 0.0812. The van der Waals surface area contributed by atoms with Gasteiger partial charge in [-0.1, -0.05) is 31.9 Å². The number of carbonyl (C=O) groups excluding carboxylic acids is 1. The molecule has 22 heavy (non-hydrogen) atoms. The molecule has 122 valence electrons. The lowest BCUT2D eigenvalue weighted by Crippen LogP contribution is -2.42. The largest absolute Gasteiger partial charge is 0.331 e. The summed E-state index contributed by atoms with van der Waals surface area (Å²) >= 11 is 0. The van der Waals surface area contributed by atoms with Gasteiger partial charge in [-0.05, 0) is 44.4 Å².